The minimum atomic E-state index is -3.95. The predicted octanol–water partition coefficient (Wildman–Crippen LogP) is 1.38. The van der Waals surface area contributed by atoms with E-state index >= 15 is 0 Å². The number of nitrogens with zero attached hydrogens (tertiary/aromatic N) is 4. The van der Waals surface area contributed by atoms with E-state index in [1.54, 1.807) is 31.3 Å². The van der Waals surface area contributed by atoms with Crippen LogP contribution in [0.3, 0.4) is 0 Å². The van der Waals surface area contributed by atoms with Crippen LogP contribution in [0.1, 0.15) is 5.82 Å². The lowest BCUT2D eigenvalue weighted by atomic mass is 10.4. The van der Waals surface area contributed by atoms with E-state index in [9.17, 15) is 4.57 Å². The number of aryl methyl sites for hydroxylation is 1. The van der Waals surface area contributed by atoms with Gasteiger partial charge >= 0.3 is 12.8 Å². The summed E-state index contributed by atoms with van der Waals surface area (Å²) in [6.07, 6.45) is 1.60. The lowest BCUT2D eigenvalue weighted by molar-refractivity contribution is 0.389. The second kappa shape index (κ2) is 4.48. The summed E-state index contributed by atoms with van der Waals surface area (Å²) >= 11 is 3.38. The van der Waals surface area contributed by atoms with Gasteiger partial charge in [-0.15, -0.1) is 5.10 Å². The van der Waals surface area contributed by atoms with E-state index in [1.165, 1.54) is 4.68 Å². The lowest BCUT2D eigenvalue weighted by Crippen LogP contribution is -2.01. The van der Waals surface area contributed by atoms with E-state index in [-0.39, 0.29) is 6.01 Å². The van der Waals surface area contributed by atoms with E-state index in [0.29, 0.717) is 11.6 Å². The van der Waals surface area contributed by atoms with Crippen molar-refractivity contribution in [3.63, 3.8) is 0 Å². The minimum Gasteiger partial charge on any atom is -0.381 e. The summed E-state index contributed by atoms with van der Waals surface area (Å²) in [5.41, 5.74) is 0. The van der Waals surface area contributed by atoms with Crippen LogP contribution in [0.5, 0.6) is 6.01 Å². The van der Waals surface area contributed by atoms with Crippen molar-refractivity contribution in [1.29, 1.82) is 0 Å². The molecule has 0 spiro atoms. The third-order valence-electron chi connectivity index (χ3n) is 1.82. The number of hydrogen-bond donors (Lipinski definition) is 2. The summed E-state index contributed by atoms with van der Waals surface area (Å²) in [5, 5.41) is 3.91. The van der Waals surface area contributed by atoms with Crippen LogP contribution in [0.4, 0.5) is 0 Å². The Labute approximate surface area is 102 Å². The average Bonchev–Trinajstić information content (AvgIpc) is 2.58. The highest BCUT2D eigenvalue weighted by molar-refractivity contribution is 8.44. The molecule has 0 amide bonds. The molecule has 0 bridgehead atoms. The molecule has 0 saturated heterocycles. The molecule has 0 fully saturated rings. The maximum atomic E-state index is 10.9. The van der Waals surface area contributed by atoms with E-state index in [4.69, 9.17) is 4.89 Å². The molecule has 0 aliphatic rings. The van der Waals surface area contributed by atoms with Crippen molar-refractivity contribution in [2.24, 2.45) is 0 Å². The monoisotopic (exact) mass is 272 g/mol. The van der Waals surface area contributed by atoms with Gasteiger partial charge in [0.25, 0.3) is 0 Å². The first kappa shape index (κ1) is 12.1. The van der Waals surface area contributed by atoms with Crippen molar-refractivity contribution < 1.29 is 14.0 Å². The molecule has 2 aromatic heterocycles. The van der Waals surface area contributed by atoms with Crippen LogP contribution in [-0.4, -0.2) is 24.6 Å². The summed E-state index contributed by atoms with van der Waals surface area (Å²) in [6.45, 7) is -2.27. The standard InChI is InChI=1S/C8H9N4O3PS/c1-6-10-8(15-16(13,14)17)11-12(6)7-4-2-3-5-9-7/h2-5H,1H3,(H2,13,14,17). The van der Waals surface area contributed by atoms with Crippen molar-refractivity contribution in [3.05, 3.63) is 30.2 Å². The zero-order valence-electron chi connectivity index (χ0n) is 8.76. The SMILES string of the molecule is Cc1nc(OP(=O)(O)S)nn1-c1ccccn1. The van der Waals surface area contributed by atoms with Crippen LogP contribution in [-0.2, 0) is 4.57 Å². The first-order chi connectivity index (χ1) is 7.96. The normalized spacial score (nSPS) is 14.3. The molecule has 17 heavy (non-hydrogen) atoms. The Hall–Kier alpha value is -1.37. The summed E-state index contributed by atoms with van der Waals surface area (Å²) in [7, 11) is 0. The van der Waals surface area contributed by atoms with Crippen LogP contribution >= 0.6 is 19.0 Å². The molecule has 2 heterocycles. The molecule has 90 valence electrons. The first-order valence-electron chi connectivity index (χ1n) is 4.56. The van der Waals surface area contributed by atoms with Gasteiger partial charge in [-0.2, -0.15) is 9.67 Å². The third kappa shape index (κ3) is 3.06. The van der Waals surface area contributed by atoms with Crippen molar-refractivity contribution in [1.82, 2.24) is 19.7 Å². The highest BCUT2D eigenvalue weighted by Crippen LogP contribution is 2.45. The number of aromatic nitrogens is 4. The Morgan fingerprint density at radius 2 is 2.29 bits per heavy atom. The van der Waals surface area contributed by atoms with Crippen LogP contribution in [0.25, 0.3) is 5.82 Å². The van der Waals surface area contributed by atoms with Crippen LogP contribution < -0.4 is 4.52 Å². The van der Waals surface area contributed by atoms with E-state index in [0.717, 1.165) is 0 Å². The molecule has 0 aromatic carbocycles. The van der Waals surface area contributed by atoms with Gasteiger partial charge in [0.1, 0.15) is 5.82 Å². The van der Waals surface area contributed by atoms with Crippen LogP contribution in [0.2, 0.25) is 0 Å². The van der Waals surface area contributed by atoms with Crippen molar-refractivity contribution in [3.8, 4) is 11.8 Å². The fourth-order valence-corrected chi connectivity index (χ4v) is 1.72. The first-order valence-corrected chi connectivity index (χ1v) is 7.29. The number of rotatable bonds is 3. The molecular weight excluding hydrogens is 263 g/mol. The Balaban J connectivity index is 2.35. The molecule has 2 aromatic rings. The maximum absolute atomic E-state index is 10.9. The molecular formula is C8H9N4O3PS. The second-order valence-corrected chi connectivity index (χ2v) is 5.80. The molecule has 0 radical (unpaired) electrons. The largest absolute Gasteiger partial charge is 0.436 e. The van der Waals surface area contributed by atoms with Gasteiger partial charge < -0.3 is 9.42 Å². The Bertz CT molecular complexity index is 567. The zero-order chi connectivity index (χ0) is 12.5. The fourth-order valence-electron chi connectivity index (χ4n) is 1.21. The van der Waals surface area contributed by atoms with Crippen molar-refractivity contribution in [2.75, 3.05) is 0 Å². The summed E-state index contributed by atoms with van der Waals surface area (Å²) < 4.78 is 16.9. The molecule has 0 aliphatic carbocycles. The zero-order valence-corrected chi connectivity index (χ0v) is 10.5. The molecule has 1 N–H and O–H groups in total. The topological polar surface area (TPSA) is 90.1 Å². The molecule has 9 heteroatoms. The van der Waals surface area contributed by atoms with Gasteiger partial charge in [-0.1, -0.05) is 6.07 Å². The summed E-state index contributed by atoms with van der Waals surface area (Å²) in [5.74, 6) is 1.03. The van der Waals surface area contributed by atoms with Crippen LogP contribution in [0.15, 0.2) is 24.4 Å². The predicted molar refractivity (Wildman–Crippen MR) is 63.3 cm³/mol. The number of pyridine rings is 1. The van der Waals surface area contributed by atoms with E-state index in [2.05, 4.69) is 31.8 Å². The molecule has 1 atom stereocenters. The lowest BCUT2D eigenvalue weighted by Gasteiger charge is -2.01. The van der Waals surface area contributed by atoms with Gasteiger partial charge in [-0.05, 0) is 31.3 Å². The van der Waals surface area contributed by atoms with Gasteiger partial charge in [-0.3, -0.25) is 0 Å². The minimum absolute atomic E-state index is 0.214. The van der Waals surface area contributed by atoms with Gasteiger partial charge in [0.05, 0.1) is 0 Å². The number of thiol groups is 1. The Morgan fingerprint density at radius 3 is 2.88 bits per heavy atom. The fraction of sp³-hybridized carbons (Fsp3) is 0.125. The smallest absolute Gasteiger partial charge is 0.381 e. The Kier molecular flexibility index (Phi) is 3.19. The molecule has 0 aliphatic heterocycles. The van der Waals surface area contributed by atoms with Gasteiger partial charge in [-0.25, -0.2) is 9.55 Å². The highest BCUT2D eigenvalue weighted by atomic mass is 32.7. The molecule has 7 nitrogen and oxygen atoms in total. The van der Waals surface area contributed by atoms with E-state index < -0.39 is 6.80 Å². The molecule has 2 rings (SSSR count). The summed E-state index contributed by atoms with van der Waals surface area (Å²) in [4.78, 5) is 16.9. The quantitative estimate of drug-likeness (QED) is 0.648. The van der Waals surface area contributed by atoms with Gasteiger partial charge in [0.2, 0.25) is 0 Å². The number of hydrogen-bond acceptors (Lipinski definition) is 5. The average molecular weight is 272 g/mol. The van der Waals surface area contributed by atoms with E-state index in [1.807, 2.05) is 0 Å². The summed E-state index contributed by atoms with van der Waals surface area (Å²) in [6, 6.07) is 5.07. The highest BCUT2D eigenvalue weighted by Gasteiger charge is 2.18. The molecule has 0 saturated carbocycles. The van der Waals surface area contributed by atoms with Crippen molar-refractivity contribution >= 4 is 19.0 Å². The van der Waals surface area contributed by atoms with Crippen LogP contribution in [0, 0.1) is 6.92 Å². The van der Waals surface area contributed by atoms with Gasteiger partial charge in [0, 0.05) is 6.20 Å². The third-order valence-corrected chi connectivity index (χ3v) is 2.46. The second-order valence-electron chi connectivity index (χ2n) is 3.12. The van der Waals surface area contributed by atoms with Crippen molar-refractivity contribution in [2.45, 2.75) is 6.92 Å². The maximum Gasteiger partial charge on any atom is 0.436 e. The van der Waals surface area contributed by atoms with Gasteiger partial charge in [0.15, 0.2) is 5.82 Å². The molecule has 1 unspecified atom stereocenters. The Morgan fingerprint density at radius 1 is 1.53 bits per heavy atom.